The SMILES string of the molecule is N#CCN1CCCc2c(-c3nc(N[C@H]4CCC5(CC5)NC4)ncc3C(F)(F)F)c[nH]c2C1=O. The van der Waals surface area contributed by atoms with E-state index in [1.54, 1.807) is 0 Å². The molecule has 2 fully saturated rings. The molecule has 1 saturated heterocycles. The van der Waals surface area contributed by atoms with E-state index in [4.69, 9.17) is 5.26 Å². The van der Waals surface area contributed by atoms with E-state index in [0.29, 0.717) is 31.5 Å². The third-order valence-electron chi connectivity index (χ3n) is 6.84. The lowest BCUT2D eigenvalue weighted by atomic mass is 9.99. The first-order valence-corrected chi connectivity index (χ1v) is 11.1. The van der Waals surface area contributed by atoms with E-state index in [0.717, 1.165) is 19.0 Å². The molecule has 0 bridgehead atoms. The number of piperidine rings is 1. The quantitative estimate of drug-likeness (QED) is 0.606. The summed E-state index contributed by atoms with van der Waals surface area (Å²) in [6.45, 7) is 1.01. The van der Waals surface area contributed by atoms with Crippen LogP contribution in [-0.4, -0.2) is 57.0 Å². The molecule has 2 aromatic heterocycles. The van der Waals surface area contributed by atoms with Crippen molar-refractivity contribution in [1.82, 2.24) is 25.2 Å². The van der Waals surface area contributed by atoms with E-state index >= 15 is 0 Å². The van der Waals surface area contributed by atoms with Gasteiger partial charge in [0.2, 0.25) is 5.95 Å². The Kier molecular flexibility index (Phi) is 5.28. The van der Waals surface area contributed by atoms with Crippen LogP contribution in [0.15, 0.2) is 12.4 Å². The average Bonchev–Trinajstić information content (AvgIpc) is 3.44. The highest BCUT2D eigenvalue weighted by Crippen LogP contribution is 2.42. The molecule has 0 radical (unpaired) electrons. The Labute approximate surface area is 188 Å². The van der Waals surface area contributed by atoms with E-state index < -0.39 is 17.6 Å². The van der Waals surface area contributed by atoms with Crippen molar-refractivity contribution in [2.24, 2.45) is 0 Å². The zero-order chi connectivity index (χ0) is 23.2. The molecule has 1 atom stereocenters. The molecule has 2 aromatic rings. The van der Waals surface area contributed by atoms with Crippen LogP contribution in [-0.2, 0) is 12.6 Å². The van der Waals surface area contributed by atoms with Crippen molar-refractivity contribution in [3.8, 4) is 17.3 Å². The normalized spacial score (nSPS) is 21.9. The number of fused-ring (bicyclic) bond motifs is 1. The molecule has 8 nitrogen and oxygen atoms in total. The standard InChI is InChI=1S/C22H24F3N7O/c23-22(24,25)16-12-28-20(30-13-3-4-21(5-6-21)29-10-13)31-17(16)15-11-27-18-14(15)2-1-8-32(9-7-26)19(18)33/h11-13,27,29H,1-6,8-10H2,(H,28,30,31)/t13-/m0/s1. The number of nitrogens with zero attached hydrogens (tertiary/aromatic N) is 4. The number of H-pyrrole nitrogens is 1. The van der Waals surface area contributed by atoms with Gasteiger partial charge in [-0.1, -0.05) is 0 Å². The smallest absolute Gasteiger partial charge is 0.356 e. The van der Waals surface area contributed by atoms with Crippen molar-refractivity contribution in [1.29, 1.82) is 5.26 Å². The molecule has 0 aromatic carbocycles. The van der Waals surface area contributed by atoms with Gasteiger partial charge in [0, 0.05) is 42.6 Å². The average molecular weight is 459 g/mol. The summed E-state index contributed by atoms with van der Waals surface area (Å²) in [7, 11) is 0. The summed E-state index contributed by atoms with van der Waals surface area (Å²) in [5.41, 5.74) is 0.0176. The minimum Gasteiger partial charge on any atom is -0.356 e. The lowest BCUT2D eigenvalue weighted by Gasteiger charge is -2.30. The van der Waals surface area contributed by atoms with Gasteiger partial charge in [-0.25, -0.2) is 9.97 Å². The number of halogens is 3. The van der Waals surface area contributed by atoms with Crippen LogP contribution in [0.3, 0.4) is 0 Å². The van der Waals surface area contributed by atoms with Crippen molar-refractivity contribution < 1.29 is 18.0 Å². The lowest BCUT2D eigenvalue weighted by molar-refractivity contribution is -0.137. The Hall–Kier alpha value is -3.13. The number of anilines is 1. The predicted molar refractivity (Wildman–Crippen MR) is 113 cm³/mol. The van der Waals surface area contributed by atoms with Crippen LogP contribution in [0.5, 0.6) is 0 Å². The number of carbonyl (C=O) groups excluding carboxylic acids is 1. The highest BCUT2D eigenvalue weighted by atomic mass is 19.4. The minimum absolute atomic E-state index is 0.0327. The maximum absolute atomic E-state index is 13.8. The Morgan fingerprint density at radius 3 is 2.82 bits per heavy atom. The summed E-state index contributed by atoms with van der Waals surface area (Å²) < 4.78 is 41.5. The van der Waals surface area contributed by atoms with E-state index in [-0.39, 0.29) is 41.0 Å². The fourth-order valence-corrected chi connectivity index (χ4v) is 4.79. The fourth-order valence-electron chi connectivity index (χ4n) is 4.79. The van der Waals surface area contributed by atoms with Gasteiger partial charge < -0.3 is 20.5 Å². The largest absolute Gasteiger partial charge is 0.419 e. The fraction of sp³-hybridized carbons (Fsp3) is 0.545. The van der Waals surface area contributed by atoms with E-state index in [9.17, 15) is 18.0 Å². The van der Waals surface area contributed by atoms with Crippen LogP contribution in [0.1, 0.15) is 53.7 Å². The zero-order valence-electron chi connectivity index (χ0n) is 17.9. The Bertz CT molecular complexity index is 1110. The van der Waals surface area contributed by atoms with Crippen LogP contribution in [0.4, 0.5) is 19.1 Å². The van der Waals surface area contributed by atoms with E-state index in [1.165, 1.54) is 23.9 Å². The summed E-state index contributed by atoms with van der Waals surface area (Å²) in [6, 6.07) is 1.99. The Morgan fingerprint density at radius 2 is 2.15 bits per heavy atom. The molecule has 11 heteroatoms. The van der Waals surface area contributed by atoms with Crippen molar-refractivity contribution in [3.63, 3.8) is 0 Å². The van der Waals surface area contributed by atoms with Crippen molar-refractivity contribution in [3.05, 3.63) is 29.2 Å². The molecule has 4 heterocycles. The number of carbonyl (C=O) groups is 1. The number of hydrogen-bond donors (Lipinski definition) is 3. The van der Waals surface area contributed by atoms with Crippen molar-refractivity contribution >= 4 is 11.9 Å². The van der Waals surface area contributed by atoms with Crippen molar-refractivity contribution in [2.75, 3.05) is 25.0 Å². The minimum atomic E-state index is -4.65. The van der Waals surface area contributed by atoms with Crippen LogP contribution >= 0.6 is 0 Å². The predicted octanol–water partition coefficient (Wildman–Crippen LogP) is 3.10. The molecular weight excluding hydrogens is 435 g/mol. The zero-order valence-corrected chi connectivity index (χ0v) is 17.9. The molecule has 3 aliphatic rings. The van der Waals surface area contributed by atoms with Gasteiger partial charge in [0.1, 0.15) is 17.8 Å². The molecule has 1 aliphatic carbocycles. The van der Waals surface area contributed by atoms with Gasteiger partial charge in [-0.3, -0.25) is 4.79 Å². The number of aromatic nitrogens is 3. The second-order valence-electron chi connectivity index (χ2n) is 9.04. The van der Waals surface area contributed by atoms with Crippen LogP contribution in [0, 0.1) is 11.3 Å². The van der Waals surface area contributed by atoms with Gasteiger partial charge in [0.15, 0.2) is 0 Å². The molecular formula is C22H24F3N7O. The molecule has 3 N–H and O–H groups in total. The number of rotatable bonds is 4. The summed E-state index contributed by atoms with van der Waals surface area (Å²) in [5, 5.41) is 15.7. The lowest BCUT2D eigenvalue weighted by Crippen LogP contribution is -2.46. The Morgan fingerprint density at radius 1 is 1.33 bits per heavy atom. The maximum atomic E-state index is 13.8. The van der Waals surface area contributed by atoms with E-state index in [1.807, 2.05) is 6.07 Å². The number of alkyl halides is 3. The molecule has 0 unspecified atom stereocenters. The van der Waals surface area contributed by atoms with Crippen LogP contribution < -0.4 is 10.6 Å². The molecule has 5 rings (SSSR count). The van der Waals surface area contributed by atoms with Crippen molar-refractivity contribution in [2.45, 2.75) is 56.3 Å². The van der Waals surface area contributed by atoms with Gasteiger partial charge in [-0.05, 0) is 44.1 Å². The first-order valence-electron chi connectivity index (χ1n) is 11.1. The second kappa shape index (κ2) is 8.02. The van der Waals surface area contributed by atoms with Gasteiger partial charge in [0.25, 0.3) is 5.91 Å². The summed E-state index contributed by atoms with van der Waals surface area (Å²) in [6.07, 6.45) is 2.76. The summed E-state index contributed by atoms with van der Waals surface area (Å²) in [4.78, 5) is 25.3. The van der Waals surface area contributed by atoms with Crippen LogP contribution in [0.2, 0.25) is 0 Å². The maximum Gasteiger partial charge on any atom is 0.419 e. The summed E-state index contributed by atoms with van der Waals surface area (Å²) >= 11 is 0. The molecule has 2 aliphatic heterocycles. The molecule has 1 amide bonds. The molecule has 33 heavy (non-hydrogen) atoms. The molecule has 1 saturated carbocycles. The number of nitriles is 1. The van der Waals surface area contributed by atoms with E-state index in [2.05, 4.69) is 25.6 Å². The third kappa shape index (κ3) is 4.15. The number of aromatic amines is 1. The number of nitrogens with one attached hydrogen (secondary N) is 3. The van der Waals surface area contributed by atoms with Crippen LogP contribution in [0.25, 0.3) is 11.3 Å². The van der Waals surface area contributed by atoms with Gasteiger partial charge in [-0.15, -0.1) is 0 Å². The monoisotopic (exact) mass is 459 g/mol. The van der Waals surface area contributed by atoms with Gasteiger partial charge in [-0.2, -0.15) is 18.4 Å². The second-order valence-corrected chi connectivity index (χ2v) is 9.04. The topological polar surface area (TPSA) is 110 Å². The molecule has 1 spiro atoms. The van der Waals surface area contributed by atoms with Gasteiger partial charge in [0.05, 0.1) is 11.8 Å². The third-order valence-corrected chi connectivity index (χ3v) is 6.84. The van der Waals surface area contributed by atoms with Gasteiger partial charge >= 0.3 is 6.18 Å². The first kappa shape index (κ1) is 21.7. The number of hydrogen-bond acceptors (Lipinski definition) is 6. The first-order chi connectivity index (χ1) is 15.8. The Balaban J connectivity index is 1.48. The highest BCUT2D eigenvalue weighted by Gasteiger charge is 2.45. The highest BCUT2D eigenvalue weighted by molar-refractivity contribution is 5.96. The number of amides is 1. The molecule has 174 valence electrons. The summed E-state index contributed by atoms with van der Waals surface area (Å²) in [5.74, 6) is -0.254.